The standard InChI is InChI=1S/C19H21NO3S/c1-14-10-12-15(13-11-14)24(21,22)20-16-6-2-4-8-18(16)23-19-9-5-3-7-17(19)20/h2,4,6,8,10-13,17,19H,3,5,7,9H2,1H3/t17-,19-/m0/s1. The number of hydrogen-bond donors (Lipinski definition) is 0. The van der Waals surface area contributed by atoms with Crippen molar-refractivity contribution in [1.82, 2.24) is 0 Å². The Hall–Kier alpha value is -2.01. The third kappa shape index (κ3) is 2.47. The number of hydrogen-bond acceptors (Lipinski definition) is 3. The molecule has 1 heterocycles. The van der Waals surface area contributed by atoms with Crippen LogP contribution in [0.1, 0.15) is 31.2 Å². The predicted octanol–water partition coefficient (Wildman–Crippen LogP) is 3.89. The highest BCUT2D eigenvalue weighted by molar-refractivity contribution is 7.92. The zero-order valence-corrected chi connectivity index (χ0v) is 14.5. The summed E-state index contributed by atoms with van der Waals surface area (Å²) in [7, 11) is -3.61. The number of ether oxygens (including phenoxy) is 1. The molecule has 5 heteroatoms. The Kier molecular flexibility index (Phi) is 3.76. The first-order valence-electron chi connectivity index (χ1n) is 8.44. The van der Waals surface area contributed by atoms with Crippen LogP contribution in [0.5, 0.6) is 5.75 Å². The maximum absolute atomic E-state index is 13.4. The molecular formula is C19H21NO3S. The van der Waals surface area contributed by atoms with Gasteiger partial charge in [0.15, 0.2) is 0 Å². The number of benzene rings is 2. The summed E-state index contributed by atoms with van der Waals surface area (Å²) in [4.78, 5) is 0.342. The van der Waals surface area contributed by atoms with Crippen molar-refractivity contribution in [2.45, 2.75) is 49.6 Å². The molecule has 24 heavy (non-hydrogen) atoms. The molecule has 2 aliphatic rings. The maximum atomic E-state index is 13.4. The average molecular weight is 343 g/mol. The first-order chi connectivity index (χ1) is 11.6. The van der Waals surface area contributed by atoms with E-state index in [9.17, 15) is 8.42 Å². The molecule has 4 nitrogen and oxygen atoms in total. The fourth-order valence-electron chi connectivity index (χ4n) is 3.70. The molecule has 0 saturated heterocycles. The van der Waals surface area contributed by atoms with Gasteiger partial charge in [0.1, 0.15) is 11.9 Å². The maximum Gasteiger partial charge on any atom is 0.264 e. The van der Waals surface area contributed by atoms with Crippen LogP contribution in [0.2, 0.25) is 0 Å². The topological polar surface area (TPSA) is 46.6 Å². The Morgan fingerprint density at radius 3 is 2.50 bits per heavy atom. The van der Waals surface area contributed by atoms with Crippen LogP contribution in [0.25, 0.3) is 0 Å². The van der Waals surface area contributed by atoms with Crippen LogP contribution >= 0.6 is 0 Å². The van der Waals surface area contributed by atoms with Crippen LogP contribution in [-0.4, -0.2) is 20.6 Å². The van der Waals surface area contributed by atoms with Gasteiger partial charge in [0.2, 0.25) is 0 Å². The molecular weight excluding hydrogens is 322 g/mol. The van der Waals surface area contributed by atoms with Crippen LogP contribution < -0.4 is 9.04 Å². The molecule has 2 aromatic carbocycles. The Morgan fingerprint density at radius 1 is 1.00 bits per heavy atom. The van der Waals surface area contributed by atoms with Gasteiger partial charge in [-0.2, -0.15) is 0 Å². The number of nitrogens with zero attached hydrogens (tertiary/aromatic N) is 1. The highest BCUT2D eigenvalue weighted by atomic mass is 32.2. The zero-order chi connectivity index (χ0) is 16.7. The van der Waals surface area contributed by atoms with Crippen molar-refractivity contribution in [3.8, 4) is 5.75 Å². The van der Waals surface area contributed by atoms with E-state index in [0.717, 1.165) is 31.2 Å². The number of para-hydroxylation sites is 2. The van der Waals surface area contributed by atoms with E-state index in [1.54, 1.807) is 16.4 Å². The molecule has 0 amide bonds. The molecule has 0 radical (unpaired) electrons. The Labute approximate surface area is 143 Å². The number of anilines is 1. The van der Waals surface area contributed by atoms with Crippen molar-refractivity contribution < 1.29 is 13.2 Å². The van der Waals surface area contributed by atoms with Crippen LogP contribution in [0.3, 0.4) is 0 Å². The van der Waals surface area contributed by atoms with Gasteiger partial charge in [-0.1, -0.05) is 36.2 Å². The van der Waals surface area contributed by atoms with E-state index >= 15 is 0 Å². The van der Waals surface area contributed by atoms with Crippen LogP contribution in [0, 0.1) is 6.92 Å². The second kappa shape index (κ2) is 5.81. The van der Waals surface area contributed by atoms with Crippen molar-refractivity contribution in [1.29, 1.82) is 0 Å². The van der Waals surface area contributed by atoms with Crippen LogP contribution in [0.15, 0.2) is 53.4 Å². The second-order valence-corrected chi connectivity index (χ2v) is 8.40. The molecule has 1 aliphatic heterocycles. The fraction of sp³-hybridized carbons (Fsp3) is 0.368. The first-order valence-corrected chi connectivity index (χ1v) is 9.88. The molecule has 1 fully saturated rings. The van der Waals surface area contributed by atoms with Crippen LogP contribution in [0.4, 0.5) is 5.69 Å². The smallest absolute Gasteiger partial charge is 0.264 e. The lowest BCUT2D eigenvalue weighted by Gasteiger charge is -2.44. The molecule has 2 atom stereocenters. The van der Waals surface area contributed by atoms with E-state index in [-0.39, 0.29) is 12.1 Å². The molecule has 2 aromatic rings. The summed E-state index contributed by atoms with van der Waals surface area (Å²) in [5.41, 5.74) is 1.70. The van der Waals surface area contributed by atoms with Crippen molar-refractivity contribution in [2.75, 3.05) is 4.31 Å². The van der Waals surface area contributed by atoms with Crippen LogP contribution in [-0.2, 0) is 10.0 Å². The summed E-state index contributed by atoms with van der Waals surface area (Å²) < 4.78 is 34.5. The minimum Gasteiger partial charge on any atom is -0.486 e. The van der Waals surface area contributed by atoms with Gasteiger partial charge >= 0.3 is 0 Å². The molecule has 1 saturated carbocycles. The third-order valence-electron chi connectivity index (χ3n) is 4.93. The summed E-state index contributed by atoms with van der Waals surface area (Å²) in [5.74, 6) is 0.663. The predicted molar refractivity (Wildman–Crippen MR) is 94.0 cm³/mol. The minimum atomic E-state index is -3.61. The SMILES string of the molecule is Cc1ccc(S(=O)(=O)N2c3ccccc3O[C@H]3CCCC[C@@H]32)cc1. The van der Waals surface area contributed by atoms with E-state index in [0.29, 0.717) is 16.3 Å². The molecule has 126 valence electrons. The van der Waals surface area contributed by atoms with Crippen molar-refractivity contribution >= 4 is 15.7 Å². The van der Waals surface area contributed by atoms with Crippen molar-refractivity contribution in [2.24, 2.45) is 0 Å². The second-order valence-electron chi connectivity index (χ2n) is 6.59. The lowest BCUT2D eigenvalue weighted by Crippen LogP contribution is -2.53. The zero-order valence-electron chi connectivity index (χ0n) is 13.7. The van der Waals surface area contributed by atoms with Gasteiger partial charge in [-0.15, -0.1) is 0 Å². The number of rotatable bonds is 2. The Bertz CT molecular complexity index is 845. The molecule has 1 aliphatic carbocycles. The van der Waals surface area contributed by atoms with Gasteiger partial charge in [0.25, 0.3) is 10.0 Å². The van der Waals surface area contributed by atoms with E-state index in [1.807, 2.05) is 43.3 Å². The Morgan fingerprint density at radius 2 is 1.71 bits per heavy atom. The number of sulfonamides is 1. The largest absolute Gasteiger partial charge is 0.486 e. The average Bonchev–Trinajstić information content (AvgIpc) is 2.59. The summed E-state index contributed by atoms with van der Waals surface area (Å²) in [6.45, 7) is 1.96. The Balaban J connectivity index is 1.85. The lowest BCUT2D eigenvalue weighted by molar-refractivity contribution is 0.122. The van der Waals surface area contributed by atoms with Gasteiger partial charge in [0.05, 0.1) is 16.6 Å². The van der Waals surface area contributed by atoms with Gasteiger partial charge in [0, 0.05) is 0 Å². The van der Waals surface area contributed by atoms with Gasteiger partial charge < -0.3 is 4.74 Å². The highest BCUT2D eigenvalue weighted by Crippen LogP contribution is 2.43. The molecule has 0 bridgehead atoms. The third-order valence-corrected chi connectivity index (χ3v) is 6.78. The molecule has 4 rings (SSSR count). The van der Waals surface area contributed by atoms with Gasteiger partial charge in [-0.3, -0.25) is 4.31 Å². The molecule has 0 aromatic heterocycles. The van der Waals surface area contributed by atoms with Crippen molar-refractivity contribution in [3.05, 3.63) is 54.1 Å². The van der Waals surface area contributed by atoms with Gasteiger partial charge in [-0.05, 0) is 50.5 Å². The quantitative estimate of drug-likeness (QED) is 0.831. The van der Waals surface area contributed by atoms with E-state index in [2.05, 4.69) is 0 Å². The van der Waals surface area contributed by atoms with Gasteiger partial charge in [-0.25, -0.2) is 8.42 Å². The summed E-state index contributed by atoms with van der Waals surface area (Å²) in [5, 5.41) is 0. The van der Waals surface area contributed by atoms with E-state index in [4.69, 9.17) is 4.74 Å². The lowest BCUT2D eigenvalue weighted by atomic mass is 9.91. The minimum absolute atomic E-state index is 0.0612. The monoisotopic (exact) mass is 343 g/mol. The fourth-order valence-corrected chi connectivity index (χ4v) is 5.41. The first kappa shape index (κ1) is 15.5. The normalized spacial score (nSPS) is 23.1. The summed E-state index contributed by atoms with van der Waals surface area (Å²) in [6, 6.07) is 14.4. The van der Waals surface area contributed by atoms with E-state index < -0.39 is 10.0 Å². The number of fused-ring (bicyclic) bond motifs is 2. The van der Waals surface area contributed by atoms with Crippen molar-refractivity contribution in [3.63, 3.8) is 0 Å². The van der Waals surface area contributed by atoms with E-state index in [1.165, 1.54) is 0 Å². The molecule has 0 unspecified atom stereocenters. The molecule has 0 N–H and O–H groups in total. The summed E-state index contributed by atoms with van der Waals surface area (Å²) in [6.07, 6.45) is 3.80. The number of aryl methyl sites for hydroxylation is 1. The molecule has 0 spiro atoms. The summed E-state index contributed by atoms with van der Waals surface area (Å²) >= 11 is 0. The highest BCUT2D eigenvalue weighted by Gasteiger charge is 2.43.